The van der Waals surface area contributed by atoms with Gasteiger partial charge in [-0.15, -0.1) is 0 Å². The van der Waals surface area contributed by atoms with E-state index < -0.39 is 10.0 Å². The molecule has 5 nitrogen and oxygen atoms in total. The second-order valence-electron chi connectivity index (χ2n) is 4.00. The summed E-state index contributed by atoms with van der Waals surface area (Å²) in [5.41, 5.74) is 0.197. The van der Waals surface area contributed by atoms with Crippen molar-refractivity contribution < 1.29 is 13.2 Å². The van der Waals surface area contributed by atoms with Crippen molar-refractivity contribution in [3.63, 3.8) is 0 Å². The topological polar surface area (TPSA) is 67.4 Å². The van der Waals surface area contributed by atoms with Crippen LogP contribution in [0.5, 0.6) is 0 Å². The predicted molar refractivity (Wildman–Crippen MR) is 47.6 cm³/mol. The smallest absolute Gasteiger partial charge is 0.210 e. The molecule has 2 fully saturated rings. The first-order valence-electron chi connectivity index (χ1n) is 4.29. The van der Waals surface area contributed by atoms with Crippen molar-refractivity contribution in [3.05, 3.63) is 0 Å². The molecular weight excluding hydrogens is 192 g/mol. The first-order valence-corrected chi connectivity index (χ1v) is 6.18. The van der Waals surface area contributed by atoms with Gasteiger partial charge < -0.3 is 10.1 Å². The highest BCUT2D eigenvalue weighted by atomic mass is 32.2. The molecule has 0 aliphatic carbocycles. The maximum atomic E-state index is 10.9. The number of ether oxygens (including phenoxy) is 1. The van der Waals surface area contributed by atoms with Crippen LogP contribution in [-0.4, -0.2) is 40.6 Å². The molecule has 0 radical (unpaired) electrons. The maximum Gasteiger partial charge on any atom is 0.210 e. The third-order valence-corrected chi connectivity index (χ3v) is 3.25. The van der Waals surface area contributed by atoms with Crippen molar-refractivity contribution in [2.45, 2.75) is 12.6 Å². The van der Waals surface area contributed by atoms with Gasteiger partial charge >= 0.3 is 0 Å². The number of hydrogen-bond acceptors (Lipinski definition) is 4. The molecule has 2 aliphatic rings. The zero-order valence-corrected chi connectivity index (χ0v) is 8.36. The van der Waals surface area contributed by atoms with Gasteiger partial charge in [0.1, 0.15) is 6.23 Å². The molecule has 2 rings (SSSR count). The molecule has 2 N–H and O–H groups in total. The number of sulfonamides is 1. The van der Waals surface area contributed by atoms with Gasteiger partial charge in [-0.3, -0.25) is 0 Å². The maximum absolute atomic E-state index is 10.9. The second-order valence-corrected chi connectivity index (χ2v) is 5.78. The van der Waals surface area contributed by atoms with Gasteiger partial charge in [0.25, 0.3) is 0 Å². The minimum atomic E-state index is -3.14. The lowest BCUT2D eigenvalue weighted by Crippen LogP contribution is -2.54. The Labute approximate surface area is 77.9 Å². The lowest BCUT2D eigenvalue weighted by atomic mass is 9.81. The van der Waals surface area contributed by atoms with E-state index in [-0.39, 0.29) is 11.6 Å². The summed E-state index contributed by atoms with van der Waals surface area (Å²) >= 11 is 0. The van der Waals surface area contributed by atoms with Crippen LogP contribution >= 0.6 is 0 Å². The molecule has 1 unspecified atom stereocenters. The molecule has 6 heteroatoms. The molecule has 0 saturated carbocycles. The fourth-order valence-electron chi connectivity index (χ4n) is 1.83. The van der Waals surface area contributed by atoms with Crippen molar-refractivity contribution in [2.24, 2.45) is 5.41 Å². The Kier molecular flexibility index (Phi) is 2.10. The molecule has 1 atom stereocenters. The Bertz CT molecular complexity index is 297. The number of rotatable bonds is 2. The summed E-state index contributed by atoms with van der Waals surface area (Å²) in [5.74, 6) is 0. The molecule has 0 amide bonds. The standard InChI is InChI=1S/C7H14N2O3S/c1-13(10,11)9-6-2-7(5-12-6)3-8-4-7/h6,8-9H,2-5H2,1H3. The highest BCUT2D eigenvalue weighted by Gasteiger charge is 2.45. The van der Waals surface area contributed by atoms with Crippen molar-refractivity contribution in [1.82, 2.24) is 10.0 Å². The van der Waals surface area contributed by atoms with E-state index in [1.807, 2.05) is 0 Å². The Balaban J connectivity index is 1.91. The molecule has 2 saturated heterocycles. The fraction of sp³-hybridized carbons (Fsp3) is 1.00. The summed E-state index contributed by atoms with van der Waals surface area (Å²) in [6, 6.07) is 0. The van der Waals surface area contributed by atoms with Crippen LogP contribution in [-0.2, 0) is 14.8 Å². The average molecular weight is 206 g/mol. The molecule has 2 aliphatic heterocycles. The molecule has 0 aromatic carbocycles. The molecule has 0 aromatic heterocycles. The van der Waals surface area contributed by atoms with E-state index in [0.717, 1.165) is 25.8 Å². The number of nitrogens with one attached hydrogen (secondary N) is 2. The summed E-state index contributed by atoms with van der Waals surface area (Å²) in [4.78, 5) is 0. The predicted octanol–water partition coefficient (Wildman–Crippen LogP) is -1.13. The van der Waals surface area contributed by atoms with E-state index >= 15 is 0 Å². The highest BCUT2D eigenvalue weighted by Crippen LogP contribution is 2.35. The van der Waals surface area contributed by atoms with Gasteiger partial charge in [0.05, 0.1) is 12.9 Å². The molecule has 2 heterocycles. The SMILES string of the molecule is CS(=O)(=O)NC1CC2(CNC2)CO1. The van der Waals surface area contributed by atoms with Crippen LogP contribution in [0.15, 0.2) is 0 Å². The Morgan fingerprint density at radius 3 is 2.62 bits per heavy atom. The summed E-state index contributed by atoms with van der Waals surface area (Å²) in [6.07, 6.45) is 1.62. The van der Waals surface area contributed by atoms with Gasteiger partial charge in [-0.2, -0.15) is 4.72 Å². The van der Waals surface area contributed by atoms with Crippen LogP contribution in [0.2, 0.25) is 0 Å². The Hall–Kier alpha value is -0.170. The molecule has 76 valence electrons. The fourth-order valence-corrected chi connectivity index (χ4v) is 2.46. The number of hydrogen-bond donors (Lipinski definition) is 2. The van der Waals surface area contributed by atoms with Gasteiger partial charge in [-0.1, -0.05) is 0 Å². The largest absolute Gasteiger partial charge is 0.362 e. The van der Waals surface area contributed by atoms with E-state index in [9.17, 15) is 8.42 Å². The summed E-state index contributed by atoms with van der Waals surface area (Å²) in [5, 5.41) is 3.17. The van der Waals surface area contributed by atoms with E-state index in [4.69, 9.17) is 4.74 Å². The van der Waals surface area contributed by atoms with Gasteiger partial charge in [0, 0.05) is 18.5 Å². The van der Waals surface area contributed by atoms with E-state index in [1.165, 1.54) is 0 Å². The van der Waals surface area contributed by atoms with E-state index in [0.29, 0.717) is 6.61 Å². The van der Waals surface area contributed by atoms with Crippen LogP contribution in [0.4, 0.5) is 0 Å². The zero-order chi connectivity index (χ0) is 9.53. The zero-order valence-electron chi connectivity index (χ0n) is 7.54. The van der Waals surface area contributed by atoms with Gasteiger partial charge in [0.2, 0.25) is 10.0 Å². The molecule has 1 spiro atoms. The monoisotopic (exact) mass is 206 g/mol. The Morgan fingerprint density at radius 1 is 1.54 bits per heavy atom. The minimum Gasteiger partial charge on any atom is -0.362 e. The van der Waals surface area contributed by atoms with E-state index in [1.54, 1.807) is 0 Å². The van der Waals surface area contributed by atoms with Crippen LogP contribution < -0.4 is 10.0 Å². The third-order valence-electron chi connectivity index (χ3n) is 2.55. The third kappa shape index (κ3) is 2.01. The van der Waals surface area contributed by atoms with Crippen molar-refractivity contribution in [1.29, 1.82) is 0 Å². The molecular formula is C7H14N2O3S. The van der Waals surface area contributed by atoms with Crippen molar-refractivity contribution in [3.8, 4) is 0 Å². The normalized spacial score (nSPS) is 31.9. The first-order chi connectivity index (χ1) is 5.99. The van der Waals surface area contributed by atoms with Crippen LogP contribution in [0.3, 0.4) is 0 Å². The lowest BCUT2D eigenvalue weighted by Gasteiger charge is -2.37. The average Bonchev–Trinajstić information content (AvgIpc) is 2.26. The molecule has 0 bridgehead atoms. The van der Waals surface area contributed by atoms with Gasteiger partial charge in [-0.05, 0) is 6.42 Å². The quantitative estimate of drug-likeness (QED) is 0.600. The Morgan fingerprint density at radius 2 is 2.23 bits per heavy atom. The summed E-state index contributed by atoms with van der Waals surface area (Å²) in [6.45, 7) is 2.54. The van der Waals surface area contributed by atoms with Crippen LogP contribution in [0.1, 0.15) is 6.42 Å². The second kappa shape index (κ2) is 2.91. The van der Waals surface area contributed by atoms with E-state index in [2.05, 4.69) is 10.0 Å². The van der Waals surface area contributed by atoms with Gasteiger partial charge in [-0.25, -0.2) is 8.42 Å². The summed E-state index contributed by atoms with van der Waals surface area (Å²) < 4.78 is 29.6. The molecule has 0 aromatic rings. The van der Waals surface area contributed by atoms with Crippen molar-refractivity contribution >= 4 is 10.0 Å². The minimum absolute atomic E-state index is 0.197. The molecule has 13 heavy (non-hydrogen) atoms. The lowest BCUT2D eigenvalue weighted by molar-refractivity contribution is 0.0752. The van der Waals surface area contributed by atoms with Crippen LogP contribution in [0, 0.1) is 5.41 Å². The first kappa shape index (κ1) is 9.39. The van der Waals surface area contributed by atoms with Crippen molar-refractivity contribution in [2.75, 3.05) is 26.0 Å². The van der Waals surface area contributed by atoms with Gasteiger partial charge in [0.15, 0.2) is 0 Å². The highest BCUT2D eigenvalue weighted by molar-refractivity contribution is 7.88. The van der Waals surface area contributed by atoms with Crippen LogP contribution in [0.25, 0.3) is 0 Å². The summed E-state index contributed by atoms with van der Waals surface area (Å²) in [7, 11) is -3.14.